The summed E-state index contributed by atoms with van der Waals surface area (Å²) in [6.45, 7) is 4.51. The van der Waals surface area contributed by atoms with Gasteiger partial charge in [-0.25, -0.2) is 0 Å². The summed E-state index contributed by atoms with van der Waals surface area (Å²) in [5, 5.41) is 12.0. The Balaban J connectivity index is 1.96. The predicted octanol–water partition coefficient (Wildman–Crippen LogP) is 2.76. The zero-order chi connectivity index (χ0) is 14.5. The maximum absolute atomic E-state index is 12.3. The molecule has 4 nitrogen and oxygen atoms in total. The second-order valence-corrected chi connectivity index (χ2v) is 5.48. The van der Waals surface area contributed by atoms with Gasteiger partial charge in [-0.05, 0) is 51.3 Å². The molecule has 1 aliphatic rings. The van der Waals surface area contributed by atoms with E-state index in [1.165, 1.54) is 6.42 Å². The quantitative estimate of drug-likeness (QED) is 0.919. The standard InChI is InChI=1S/C16H21N3O/c1-12-5-3-6-13(2)19(12)16(20)11-18-15-8-4-7-14(9-15)10-17/h4,7-9,12-13,18H,3,5-6,11H2,1-2H3. The SMILES string of the molecule is CC1CCCC(C)N1C(=O)CNc1cccc(C#N)c1. The van der Waals surface area contributed by atoms with Crippen molar-refractivity contribution >= 4 is 11.6 Å². The highest BCUT2D eigenvalue weighted by Gasteiger charge is 2.28. The molecule has 0 radical (unpaired) electrons. The second-order valence-electron chi connectivity index (χ2n) is 5.48. The van der Waals surface area contributed by atoms with Crippen molar-refractivity contribution in [1.29, 1.82) is 5.26 Å². The Morgan fingerprint density at radius 1 is 1.40 bits per heavy atom. The van der Waals surface area contributed by atoms with E-state index in [4.69, 9.17) is 5.26 Å². The predicted molar refractivity (Wildman–Crippen MR) is 79.3 cm³/mol. The van der Waals surface area contributed by atoms with Gasteiger partial charge in [0.05, 0.1) is 18.2 Å². The maximum atomic E-state index is 12.3. The monoisotopic (exact) mass is 271 g/mol. The number of rotatable bonds is 3. The molecule has 1 amide bonds. The van der Waals surface area contributed by atoms with Gasteiger partial charge in [0.15, 0.2) is 0 Å². The summed E-state index contributed by atoms with van der Waals surface area (Å²) in [7, 11) is 0. The first-order valence-corrected chi connectivity index (χ1v) is 7.17. The molecular weight excluding hydrogens is 250 g/mol. The summed E-state index contributed by atoms with van der Waals surface area (Å²) in [4.78, 5) is 14.3. The lowest BCUT2D eigenvalue weighted by atomic mass is 9.97. The smallest absolute Gasteiger partial charge is 0.242 e. The Labute approximate surface area is 120 Å². The third kappa shape index (κ3) is 3.30. The van der Waals surface area contributed by atoms with Crippen LogP contribution in [-0.4, -0.2) is 29.4 Å². The molecule has 2 unspecified atom stereocenters. The molecule has 2 rings (SSSR count). The minimum atomic E-state index is 0.132. The van der Waals surface area contributed by atoms with Crippen LogP contribution in [-0.2, 0) is 4.79 Å². The van der Waals surface area contributed by atoms with Crippen LogP contribution in [0.4, 0.5) is 5.69 Å². The third-order valence-corrected chi connectivity index (χ3v) is 3.92. The molecule has 0 aromatic heterocycles. The van der Waals surface area contributed by atoms with Crippen LogP contribution < -0.4 is 5.32 Å². The average molecular weight is 271 g/mol. The van der Waals surface area contributed by atoms with Gasteiger partial charge in [0, 0.05) is 17.8 Å². The van der Waals surface area contributed by atoms with Gasteiger partial charge in [0.25, 0.3) is 0 Å². The minimum absolute atomic E-state index is 0.132. The number of likely N-dealkylation sites (tertiary alicyclic amines) is 1. The van der Waals surface area contributed by atoms with E-state index >= 15 is 0 Å². The molecule has 1 saturated heterocycles. The van der Waals surface area contributed by atoms with Gasteiger partial charge in [0.2, 0.25) is 5.91 Å². The first-order chi connectivity index (χ1) is 9.61. The Kier molecular flexibility index (Phi) is 4.62. The molecule has 1 N–H and O–H groups in total. The lowest BCUT2D eigenvalue weighted by Crippen LogP contribution is -2.49. The van der Waals surface area contributed by atoms with Crippen molar-refractivity contribution < 1.29 is 4.79 Å². The molecule has 1 aromatic carbocycles. The first-order valence-electron chi connectivity index (χ1n) is 7.17. The molecule has 2 atom stereocenters. The van der Waals surface area contributed by atoms with Crippen molar-refractivity contribution in [3.8, 4) is 6.07 Å². The van der Waals surface area contributed by atoms with Crippen molar-refractivity contribution in [2.24, 2.45) is 0 Å². The molecule has 106 valence electrons. The Morgan fingerprint density at radius 2 is 2.10 bits per heavy atom. The zero-order valence-electron chi connectivity index (χ0n) is 12.1. The fraction of sp³-hybridized carbons (Fsp3) is 0.500. The number of piperidine rings is 1. The number of nitrogens with zero attached hydrogens (tertiary/aromatic N) is 2. The lowest BCUT2D eigenvalue weighted by Gasteiger charge is -2.39. The summed E-state index contributed by atoms with van der Waals surface area (Å²) in [5.74, 6) is 0.132. The molecule has 0 spiro atoms. The van der Waals surface area contributed by atoms with Crippen LogP contribution in [0.2, 0.25) is 0 Å². The van der Waals surface area contributed by atoms with E-state index in [1.54, 1.807) is 12.1 Å². The van der Waals surface area contributed by atoms with Gasteiger partial charge in [-0.3, -0.25) is 4.79 Å². The van der Waals surface area contributed by atoms with Crippen molar-refractivity contribution in [3.05, 3.63) is 29.8 Å². The average Bonchev–Trinajstić information content (AvgIpc) is 2.45. The van der Waals surface area contributed by atoms with Crippen LogP contribution in [0.5, 0.6) is 0 Å². The molecule has 20 heavy (non-hydrogen) atoms. The summed E-state index contributed by atoms with van der Waals surface area (Å²) < 4.78 is 0. The van der Waals surface area contributed by atoms with Crippen molar-refractivity contribution in [2.75, 3.05) is 11.9 Å². The van der Waals surface area contributed by atoms with E-state index < -0.39 is 0 Å². The number of anilines is 1. The van der Waals surface area contributed by atoms with Gasteiger partial charge in [-0.2, -0.15) is 5.26 Å². The number of carbonyl (C=O) groups excluding carboxylic acids is 1. The van der Waals surface area contributed by atoms with Crippen LogP contribution in [0, 0.1) is 11.3 Å². The number of benzene rings is 1. The number of hydrogen-bond acceptors (Lipinski definition) is 3. The Morgan fingerprint density at radius 3 is 2.75 bits per heavy atom. The zero-order valence-corrected chi connectivity index (χ0v) is 12.1. The highest BCUT2D eigenvalue weighted by Crippen LogP contribution is 2.22. The largest absolute Gasteiger partial charge is 0.376 e. The molecule has 4 heteroatoms. The summed E-state index contributed by atoms with van der Waals surface area (Å²) in [5.41, 5.74) is 1.41. The van der Waals surface area contributed by atoms with E-state index in [0.717, 1.165) is 18.5 Å². The van der Waals surface area contributed by atoms with Crippen LogP contribution in [0.1, 0.15) is 38.7 Å². The second kappa shape index (κ2) is 6.42. The maximum Gasteiger partial charge on any atom is 0.242 e. The highest BCUT2D eigenvalue weighted by molar-refractivity contribution is 5.81. The molecule has 0 bridgehead atoms. The number of nitriles is 1. The highest BCUT2D eigenvalue weighted by atomic mass is 16.2. The molecule has 1 heterocycles. The van der Waals surface area contributed by atoms with Gasteiger partial charge < -0.3 is 10.2 Å². The molecule has 0 aliphatic carbocycles. The van der Waals surface area contributed by atoms with E-state index in [2.05, 4.69) is 25.2 Å². The molecule has 1 aliphatic heterocycles. The van der Waals surface area contributed by atoms with Crippen molar-refractivity contribution in [2.45, 2.75) is 45.2 Å². The van der Waals surface area contributed by atoms with Crippen LogP contribution in [0.15, 0.2) is 24.3 Å². The normalized spacial score (nSPS) is 22.1. The molecule has 0 saturated carbocycles. The summed E-state index contributed by atoms with van der Waals surface area (Å²) >= 11 is 0. The number of amides is 1. The van der Waals surface area contributed by atoms with Crippen molar-refractivity contribution in [1.82, 2.24) is 4.90 Å². The van der Waals surface area contributed by atoms with E-state index in [-0.39, 0.29) is 12.5 Å². The minimum Gasteiger partial charge on any atom is -0.376 e. The fourth-order valence-electron chi connectivity index (χ4n) is 2.88. The van der Waals surface area contributed by atoms with Crippen LogP contribution in [0.3, 0.4) is 0 Å². The Hall–Kier alpha value is -2.02. The molecular formula is C16H21N3O. The molecule has 1 aromatic rings. The molecule has 1 fully saturated rings. The topological polar surface area (TPSA) is 56.1 Å². The van der Waals surface area contributed by atoms with Gasteiger partial charge >= 0.3 is 0 Å². The first kappa shape index (κ1) is 14.4. The lowest BCUT2D eigenvalue weighted by molar-refractivity contribution is -0.135. The van der Waals surface area contributed by atoms with Gasteiger partial charge in [0.1, 0.15) is 0 Å². The number of nitrogens with one attached hydrogen (secondary N) is 1. The van der Waals surface area contributed by atoms with E-state index in [1.807, 2.05) is 17.0 Å². The fourth-order valence-corrected chi connectivity index (χ4v) is 2.88. The summed E-state index contributed by atoms with van der Waals surface area (Å²) in [6, 6.07) is 9.93. The number of carbonyl (C=O) groups is 1. The van der Waals surface area contributed by atoms with Crippen LogP contribution >= 0.6 is 0 Å². The van der Waals surface area contributed by atoms with E-state index in [9.17, 15) is 4.79 Å². The summed E-state index contributed by atoms with van der Waals surface area (Å²) in [6.07, 6.45) is 3.36. The van der Waals surface area contributed by atoms with Crippen molar-refractivity contribution in [3.63, 3.8) is 0 Å². The van der Waals surface area contributed by atoms with E-state index in [0.29, 0.717) is 17.6 Å². The number of hydrogen-bond donors (Lipinski definition) is 1. The third-order valence-electron chi connectivity index (χ3n) is 3.92. The van der Waals surface area contributed by atoms with Gasteiger partial charge in [-0.15, -0.1) is 0 Å². The van der Waals surface area contributed by atoms with Crippen LogP contribution in [0.25, 0.3) is 0 Å². The van der Waals surface area contributed by atoms with Gasteiger partial charge in [-0.1, -0.05) is 6.07 Å². The Bertz CT molecular complexity index is 511.